The number of likely N-dealkylation sites (tertiary alicyclic amines) is 1. The number of hydrogen-bond donors (Lipinski definition) is 1. The number of benzene rings is 1. The Balaban J connectivity index is 1.25. The van der Waals surface area contributed by atoms with Crippen LogP contribution in [0.5, 0.6) is 0 Å². The van der Waals surface area contributed by atoms with Crippen molar-refractivity contribution in [3.63, 3.8) is 0 Å². The van der Waals surface area contributed by atoms with Crippen LogP contribution in [-0.4, -0.2) is 78.9 Å². The summed E-state index contributed by atoms with van der Waals surface area (Å²) in [6.07, 6.45) is 1.21. The smallest absolute Gasteiger partial charge is 0.236 e. The third-order valence-electron chi connectivity index (χ3n) is 6.68. The van der Waals surface area contributed by atoms with Crippen LogP contribution in [0.2, 0.25) is 0 Å². The van der Waals surface area contributed by atoms with Crippen molar-refractivity contribution in [2.24, 2.45) is 11.8 Å². The molecule has 1 N–H and O–H groups in total. The number of amides is 2. The van der Waals surface area contributed by atoms with Crippen molar-refractivity contribution >= 4 is 23.2 Å². The highest BCUT2D eigenvalue weighted by Crippen LogP contribution is 2.26. The Hall–Kier alpha value is -2.22. The van der Waals surface area contributed by atoms with Gasteiger partial charge in [-0.3, -0.25) is 19.4 Å². The quantitative estimate of drug-likeness (QED) is 0.679. The standard InChI is InChI=1S/C26H36N4O2S/c1-20-15-21(2)17-30(16-20)25(32)19-29-12-10-28(11-13-29)18-24(31)27-26(23-9-6-14-33-23)22-7-4-3-5-8-22/h3-9,14,20-21,26H,10-13,15-19H2,1-2H3,(H,27,31)/t20-,21+,26-/m1/s1. The van der Waals surface area contributed by atoms with Gasteiger partial charge in [0.2, 0.25) is 11.8 Å². The second-order valence-electron chi connectivity index (χ2n) is 9.72. The van der Waals surface area contributed by atoms with Crippen molar-refractivity contribution < 1.29 is 9.59 Å². The Morgan fingerprint density at radius 2 is 1.58 bits per heavy atom. The number of nitrogens with zero attached hydrogens (tertiary/aromatic N) is 3. The number of piperazine rings is 1. The molecule has 1 aromatic heterocycles. The van der Waals surface area contributed by atoms with Crippen molar-refractivity contribution in [3.05, 3.63) is 58.3 Å². The molecule has 0 spiro atoms. The van der Waals surface area contributed by atoms with E-state index < -0.39 is 0 Å². The van der Waals surface area contributed by atoms with Crippen molar-refractivity contribution in [2.75, 3.05) is 52.4 Å². The third-order valence-corrected chi connectivity index (χ3v) is 7.62. The fourth-order valence-corrected chi connectivity index (χ4v) is 5.90. The number of piperidine rings is 1. The highest BCUT2D eigenvalue weighted by atomic mass is 32.1. The number of hydrogen-bond acceptors (Lipinski definition) is 5. The molecule has 6 nitrogen and oxygen atoms in total. The summed E-state index contributed by atoms with van der Waals surface area (Å²) in [6, 6.07) is 14.1. The lowest BCUT2D eigenvalue weighted by Gasteiger charge is -2.38. The molecule has 2 amide bonds. The minimum atomic E-state index is -0.119. The van der Waals surface area contributed by atoms with Crippen LogP contribution >= 0.6 is 11.3 Å². The minimum Gasteiger partial charge on any atom is -0.343 e. The topological polar surface area (TPSA) is 55.9 Å². The molecule has 0 bridgehead atoms. The fraction of sp³-hybridized carbons (Fsp3) is 0.538. The van der Waals surface area contributed by atoms with Crippen molar-refractivity contribution in [1.82, 2.24) is 20.0 Å². The van der Waals surface area contributed by atoms with Gasteiger partial charge in [0.1, 0.15) is 0 Å². The van der Waals surface area contributed by atoms with E-state index in [9.17, 15) is 9.59 Å². The lowest BCUT2D eigenvalue weighted by Crippen LogP contribution is -2.53. The van der Waals surface area contributed by atoms with Gasteiger partial charge < -0.3 is 10.2 Å². The lowest BCUT2D eigenvalue weighted by atomic mass is 9.92. The SMILES string of the molecule is C[C@@H]1C[C@H](C)CN(C(=O)CN2CCN(CC(=O)N[C@H](c3ccccc3)c3cccs3)CC2)C1. The van der Waals surface area contributed by atoms with Gasteiger partial charge in [-0.05, 0) is 35.3 Å². The predicted octanol–water partition coefficient (Wildman–Crippen LogP) is 3.08. The van der Waals surface area contributed by atoms with Crippen LogP contribution in [0.25, 0.3) is 0 Å². The first-order valence-corrected chi connectivity index (χ1v) is 13.0. The molecular formula is C26H36N4O2S. The molecule has 0 saturated carbocycles. The largest absolute Gasteiger partial charge is 0.343 e. The predicted molar refractivity (Wildman–Crippen MR) is 133 cm³/mol. The highest BCUT2D eigenvalue weighted by molar-refractivity contribution is 7.10. The van der Waals surface area contributed by atoms with E-state index in [4.69, 9.17) is 0 Å². The van der Waals surface area contributed by atoms with Gasteiger partial charge >= 0.3 is 0 Å². The van der Waals surface area contributed by atoms with Crippen LogP contribution in [0.4, 0.5) is 0 Å². The third kappa shape index (κ3) is 6.65. The summed E-state index contributed by atoms with van der Waals surface area (Å²) in [4.78, 5) is 33.3. The molecule has 4 rings (SSSR count). The maximum absolute atomic E-state index is 12.9. The van der Waals surface area contributed by atoms with Gasteiger partial charge in [-0.1, -0.05) is 50.2 Å². The molecular weight excluding hydrogens is 432 g/mol. The average molecular weight is 469 g/mol. The van der Waals surface area contributed by atoms with Crippen molar-refractivity contribution in [1.29, 1.82) is 0 Å². The summed E-state index contributed by atoms with van der Waals surface area (Å²) in [6.45, 7) is 10.4. The molecule has 33 heavy (non-hydrogen) atoms. The Morgan fingerprint density at radius 1 is 0.939 bits per heavy atom. The van der Waals surface area contributed by atoms with E-state index in [-0.39, 0.29) is 17.9 Å². The lowest BCUT2D eigenvalue weighted by molar-refractivity contribution is -0.135. The summed E-state index contributed by atoms with van der Waals surface area (Å²) in [7, 11) is 0. The van der Waals surface area contributed by atoms with Crippen LogP contribution in [0, 0.1) is 11.8 Å². The molecule has 0 unspecified atom stereocenters. The number of rotatable bonds is 7. The molecule has 2 aliphatic heterocycles. The second kappa shape index (κ2) is 11.3. The Labute approximate surface area is 201 Å². The molecule has 178 valence electrons. The zero-order valence-electron chi connectivity index (χ0n) is 19.8. The molecule has 2 aromatic rings. The van der Waals surface area contributed by atoms with Crippen LogP contribution in [0.1, 0.15) is 36.8 Å². The van der Waals surface area contributed by atoms with Gasteiger partial charge in [0.05, 0.1) is 19.1 Å². The van der Waals surface area contributed by atoms with Gasteiger partial charge in [0, 0.05) is 44.1 Å². The average Bonchev–Trinajstić information content (AvgIpc) is 3.33. The number of nitrogens with one attached hydrogen (secondary N) is 1. The first-order valence-electron chi connectivity index (χ1n) is 12.1. The van der Waals surface area contributed by atoms with Gasteiger partial charge in [0.25, 0.3) is 0 Å². The summed E-state index contributed by atoms with van der Waals surface area (Å²) >= 11 is 1.66. The van der Waals surface area contributed by atoms with Gasteiger partial charge in [-0.15, -0.1) is 11.3 Å². The maximum Gasteiger partial charge on any atom is 0.236 e. The number of carbonyl (C=O) groups excluding carboxylic acids is 2. The van der Waals surface area contributed by atoms with Gasteiger partial charge in [-0.2, -0.15) is 0 Å². The van der Waals surface area contributed by atoms with E-state index in [0.717, 1.165) is 49.7 Å². The Bertz CT molecular complexity index is 886. The van der Waals surface area contributed by atoms with Crippen LogP contribution in [0.3, 0.4) is 0 Å². The zero-order valence-corrected chi connectivity index (χ0v) is 20.6. The summed E-state index contributed by atoms with van der Waals surface area (Å²) < 4.78 is 0. The first-order chi connectivity index (χ1) is 16.0. The van der Waals surface area contributed by atoms with E-state index in [1.807, 2.05) is 34.5 Å². The molecule has 0 aliphatic carbocycles. The van der Waals surface area contributed by atoms with E-state index in [2.05, 4.69) is 47.2 Å². The molecule has 2 saturated heterocycles. The molecule has 3 atom stereocenters. The number of thiophene rings is 1. The van der Waals surface area contributed by atoms with E-state index in [1.165, 1.54) is 6.42 Å². The molecule has 1 aromatic carbocycles. The molecule has 2 aliphatic rings. The fourth-order valence-electron chi connectivity index (χ4n) is 5.09. The van der Waals surface area contributed by atoms with Crippen LogP contribution in [0.15, 0.2) is 47.8 Å². The highest BCUT2D eigenvalue weighted by Gasteiger charge is 2.28. The molecule has 2 fully saturated rings. The maximum atomic E-state index is 12.9. The second-order valence-corrected chi connectivity index (χ2v) is 10.7. The van der Waals surface area contributed by atoms with Gasteiger partial charge in [-0.25, -0.2) is 0 Å². The van der Waals surface area contributed by atoms with Crippen LogP contribution < -0.4 is 5.32 Å². The normalized spacial score (nSPS) is 23.3. The minimum absolute atomic E-state index is 0.0399. The van der Waals surface area contributed by atoms with Gasteiger partial charge in [0.15, 0.2) is 0 Å². The van der Waals surface area contributed by atoms with E-state index >= 15 is 0 Å². The Morgan fingerprint density at radius 3 is 2.18 bits per heavy atom. The molecule has 0 radical (unpaired) electrons. The number of carbonyl (C=O) groups is 2. The summed E-state index contributed by atoms with van der Waals surface area (Å²) in [5, 5.41) is 5.28. The van der Waals surface area contributed by atoms with Crippen molar-refractivity contribution in [2.45, 2.75) is 26.3 Å². The monoisotopic (exact) mass is 468 g/mol. The molecule has 7 heteroatoms. The zero-order chi connectivity index (χ0) is 23.2. The first kappa shape index (κ1) is 23.9. The summed E-state index contributed by atoms with van der Waals surface area (Å²) in [5.74, 6) is 1.46. The molecule has 3 heterocycles. The van der Waals surface area contributed by atoms with Crippen LogP contribution in [-0.2, 0) is 9.59 Å². The summed E-state index contributed by atoms with van der Waals surface area (Å²) in [5.41, 5.74) is 1.10. The van der Waals surface area contributed by atoms with E-state index in [0.29, 0.717) is 24.9 Å². The van der Waals surface area contributed by atoms with E-state index in [1.54, 1.807) is 11.3 Å². The Kier molecular flexibility index (Phi) is 8.17. The van der Waals surface area contributed by atoms with Crippen molar-refractivity contribution in [3.8, 4) is 0 Å².